The number of benzene rings is 1. The van der Waals surface area contributed by atoms with Gasteiger partial charge >= 0.3 is 0 Å². The zero-order valence-corrected chi connectivity index (χ0v) is 14.8. The highest BCUT2D eigenvalue weighted by Crippen LogP contribution is 2.12. The number of piperazine rings is 1. The number of pyridine rings is 1. The lowest BCUT2D eigenvalue weighted by Crippen LogP contribution is -2.48. The molecule has 0 aliphatic carbocycles. The molecule has 0 unspecified atom stereocenters. The summed E-state index contributed by atoms with van der Waals surface area (Å²) < 4.78 is 0. The first-order chi connectivity index (χ1) is 12.3. The second-order valence-electron chi connectivity index (χ2n) is 6.32. The average molecular weight is 338 g/mol. The van der Waals surface area contributed by atoms with Crippen LogP contribution in [0.4, 0.5) is 5.69 Å². The Hall–Kier alpha value is -2.40. The van der Waals surface area contributed by atoms with Crippen molar-refractivity contribution in [3.8, 4) is 0 Å². The third-order valence-electron chi connectivity index (χ3n) is 4.67. The molecule has 5 heteroatoms. The molecule has 5 nitrogen and oxygen atoms in total. The summed E-state index contributed by atoms with van der Waals surface area (Å²) in [6, 6.07) is 14.2. The van der Waals surface area contributed by atoms with Crippen LogP contribution in [0, 0.1) is 0 Å². The van der Waals surface area contributed by atoms with E-state index in [2.05, 4.69) is 46.4 Å². The molecule has 132 valence electrons. The van der Waals surface area contributed by atoms with Crippen LogP contribution in [0.5, 0.6) is 0 Å². The van der Waals surface area contributed by atoms with Crippen molar-refractivity contribution in [1.82, 2.24) is 14.8 Å². The van der Waals surface area contributed by atoms with Crippen LogP contribution in [0.3, 0.4) is 0 Å². The van der Waals surface area contributed by atoms with Crippen molar-refractivity contribution >= 4 is 11.6 Å². The monoisotopic (exact) mass is 338 g/mol. The van der Waals surface area contributed by atoms with Gasteiger partial charge in [0.2, 0.25) is 0 Å². The Balaban J connectivity index is 1.55. The normalized spacial score (nSPS) is 15.2. The van der Waals surface area contributed by atoms with Gasteiger partial charge in [0.15, 0.2) is 0 Å². The van der Waals surface area contributed by atoms with Crippen LogP contribution in [-0.2, 0) is 6.42 Å². The zero-order valence-electron chi connectivity index (χ0n) is 14.8. The van der Waals surface area contributed by atoms with Crippen LogP contribution < -0.4 is 5.32 Å². The van der Waals surface area contributed by atoms with E-state index in [9.17, 15) is 4.79 Å². The third kappa shape index (κ3) is 4.79. The number of amides is 1. The van der Waals surface area contributed by atoms with E-state index in [4.69, 9.17) is 0 Å². The quantitative estimate of drug-likeness (QED) is 0.879. The largest absolute Gasteiger partial charge is 0.385 e. The Morgan fingerprint density at radius 2 is 1.88 bits per heavy atom. The first-order valence-corrected chi connectivity index (χ1v) is 9.01. The molecule has 25 heavy (non-hydrogen) atoms. The van der Waals surface area contributed by atoms with Crippen molar-refractivity contribution in [2.75, 3.05) is 44.6 Å². The van der Waals surface area contributed by atoms with Crippen LogP contribution in [0.1, 0.15) is 23.0 Å². The second kappa shape index (κ2) is 8.62. The number of hydrogen-bond donors (Lipinski definition) is 1. The smallest absolute Gasteiger partial charge is 0.272 e. The lowest BCUT2D eigenvalue weighted by molar-refractivity contribution is 0.0637. The number of rotatable bonds is 6. The topological polar surface area (TPSA) is 48.5 Å². The summed E-state index contributed by atoms with van der Waals surface area (Å²) in [5.41, 5.74) is 2.77. The zero-order chi connectivity index (χ0) is 17.5. The molecule has 0 radical (unpaired) electrons. The van der Waals surface area contributed by atoms with E-state index in [0.29, 0.717) is 5.69 Å². The van der Waals surface area contributed by atoms with Crippen LogP contribution in [0.15, 0.2) is 48.7 Å². The molecule has 0 atom stereocenters. The number of nitrogens with zero attached hydrogens (tertiary/aromatic N) is 3. The summed E-state index contributed by atoms with van der Waals surface area (Å²) in [4.78, 5) is 21.2. The van der Waals surface area contributed by atoms with E-state index in [1.807, 2.05) is 23.1 Å². The van der Waals surface area contributed by atoms with Crippen molar-refractivity contribution in [3.05, 3.63) is 59.9 Å². The molecular weight excluding hydrogens is 312 g/mol. The summed E-state index contributed by atoms with van der Waals surface area (Å²) in [5.74, 6) is 0.0301. The van der Waals surface area contributed by atoms with E-state index in [0.717, 1.165) is 51.4 Å². The van der Waals surface area contributed by atoms with Gasteiger partial charge in [0.05, 0.1) is 0 Å². The van der Waals surface area contributed by atoms with Crippen molar-refractivity contribution in [2.45, 2.75) is 13.3 Å². The van der Waals surface area contributed by atoms with E-state index < -0.39 is 0 Å². The molecule has 1 aromatic carbocycles. The molecule has 1 aliphatic heterocycles. The molecule has 1 N–H and O–H groups in total. The number of carbonyl (C=O) groups excluding carboxylic acids is 1. The van der Waals surface area contributed by atoms with Crippen molar-refractivity contribution in [3.63, 3.8) is 0 Å². The summed E-state index contributed by atoms with van der Waals surface area (Å²) >= 11 is 0. The summed E-state index contributed by atoms with van der Waals surface area (Å²) in [5, 5.41) is 3.39. The maximum atomic E-state index is 12.7. The highest BCUT2D eigenvalue weighted by Gasteiger charge is 2.22. The molecule has 1 fully saturated rings. The summed E-state index contributed by atoms with van der Waals surface area (Å²) in [6.45, 7) is 7.47. The Labute approximate surface area is 149 Å². The fourth-order valence-corrected chi connectivity index (χ4v) is 3.08. The van der Waals surface area contributed by atoms with Crippen molar-refractivity contribution in [2.24, 2.45) is 0 Å². The standard InChI is InChI=1S/C20H26N4O/c1-2-23-12-14-24(15-13-23)20(25)19-16-18(9-11-22-19)21-10-8-17-6-4-3-5-7-17/h3-7,9,11,16H,2,8,10,12-15H2,1H3,(H,21,22). The number of nitrogens with one attached hydrogen (secondary N) is 1. The fourth-order valence-electron chi connectivity index (χ4n) is 3.08. The predicted molar refractivity (Wildman–Crippen MR) is 101 cm³/mol. The number of aromatic nitrogens is 1. The van der Waals surface area contributed by atoms with Gasteiger partial charge in [0, 0.05) is 44.6 Å². The van der Waals surface area contributed by atoms with E-state index in [1.54, 1.807) is 6.20 Å². The average Bonchev–Trinajstić information content (AvgIpc) is 2.68. The van der Waals surface area contributed by atoms with Gasteiger partial charge in [0.25, 0.3) is 5.91 Å². The third-order valence-corrected chi connectivity index (χ3v) is 4.67. The van der Waals surface area contributed by atoms with Crippen molar-refractivity contribution < 1.29 is 4.79 Å². The van der Waals surface area contributed by atoms with Gasteiger partial charge in [-0.05, 0) is 30.7 Å². The van der Waals surface area contributed by atoms with Gasteiger partial charge in [0.1, 0.15) is 5.69 Å². The van der Waals surface area contributed by atoms with E-state index in [-0.39, 0.29) is 5.91 Å². The highest BCUT2D eigenvalue weighted by atomic mass is 16.2. The van der Waals surface area contributed by atoms with Crippen LogP contribution in [0.25, 0.3) is 0 Å². The maximum absolute atomic E-state index is 12.7. The fraction of sp³-hybridized carbons (Fsp3) is 0.400. The minimum absolute atomic E-state index is 0.0301. The van der Waals surface area contributed by atoms with Crippen LogP contribution in [0.2, 0.25) is 0 Å². The van der Waals surface area contributed by atoms with Gasteiger partial charge in [-0.25, -0.2) is 0 Å². The lowest BCUT2D eigenvalue weighted by atomic mass is 10.1. The molecule has 0 saturated carbocycles. The minimum Gasteiger partial charge on any atom is -0.385 e. The number of carbonyl (C=O) groups is 1. The molecule has 2 aromatic rings. The molecule has 0 bridgehead atoms. The Morgan fingerprint density at radius 3 is 2.60 bits per heavy atom. The molecular formula is C20H26N4O. The molecule has 1 saturated heterocycles. The van der Waals surface area contributed by atoms with Gasteiger partial charge in [-0.2, -0.15) is 0 Å². The molecule has 1 aromatic heterocycles. The molecule has 3 rings (SSSR count). The predicted octanol–water partition coefficient (Wildman–Crippen LogP) is 2.51. The molecule has 2 heterocycles. The number of anilines is 1. The van der Waals surface area contributed by atoms with E-state index >= 15 is 0 Å². The minimum atomic E-state index is 0.0301. The van der Waals surface area contributed by atoms with Crippen LogP contribution >= 0.6 is 0 Å². The summed E-state index contributed by atoms with van der Waals surface area (Å²) in [7, 11) is 0. The first-order valence-electron chi connectivity index (χ1n) is 9.01. The van der Waals surface area contributed by atoms with Gasteiger partial charge in [-0.15, -0.1) is 0 Å². The Kier molecular flexibility index (Phi) is 6.01. The summed E-state index contributed by atoms with van der Waals surface area (Å²) in [6.07, 6.45) is 2.66. The molecule has 1 amide bonds. The number of hydrogen-bond acceptors (Lipinski definition) is 4. The maximum Gasteiger partial charge on any atom is 0.272 e. The lowest BCUT2D eigenvalue weighted by Gasteiger charge is -2.33. The molecule has 0 spiro atoms. The van der Waals surface area contributed by atoms with Gasteiger partial charge in [-0.1, -0.05) is 37.3 Å². The highest BCUT2D eigenvalue weighted by molar-refractivity contribution is 5.93. The van der Waals surface area contributed by atoms with Crippen LogP contribution in [-0.4, -0.2) is 60.0 Å². The van der Waals surface area contributed by atoms with E-state index in [1.165, 1.54) is 5.56 Å². The van der Waals surface area contributed by atoms with Crippen molar-refractivity contribution in [1.29, 1.82) is 0 Å². The Morgan fingerprint density at radius 1 is 1.12 bits per heavy atom. The molecule has 1 aliphatic rings. The second-order valence-corrected chi connectivity index (χ2v) is 6.32. The number of likely N-dealkylation sites (N-methyl/N-ethyl adjacent to an activating group) is 1. The SMILES string of the molecule is CCN1CCN(C(=O)c2cc(NCCc3ccccc3)ccn2)CC1. The Bertz CT molecular complexity index is 681. The van der Waals surface area contributed by atoms with Gasteiger partial charge < -0.3 is 15.1 Å². The van der Waals surface area contributed by atoms with Gasteiger partial charge in [-0.3, -0.25) is 9.78 Å². The first kappa shape index (κ1) is 17.4.